The minimum absolute atomic E-state index is 0.210. The molecule has 0 saturated heterocycles. The number of anilines is 1. The highest BCUT2D eigenvalue weighted by molar-refractivity contribution is 6.32. The van der Waals surface area contributed by atoms with E-state index in [0.29, 0.717) is 22.2 Å². The lowest BCUT2D eigenvalue weighted by molar-refractivity contribution is -0.126. The molecule has 0 aliphatic heterocycles. The Kier molecular flexibility index (Phi) is 5.12. The molecule has 0 aliphatic carbocycles. The Morgan fingerprint density at radius 2 is 1.67 bits per heavy atom. The first kappa shape index (κ1) is 17.6. The average molecular weight is 315 g/mol. The minimum Gasteiger partial charge on any atom is -0.495 e. The average Bonchev–Trinajstić information content (AvgIpc) is 2.38. The van der Waals surface area contributed by atoms with Gasteiger partial charge in [-0.3, -0.25) is 4.79 Å². The Balaban J connectivity index is 3.16. The largest absolute Gasteiger partial charge is 0.495 e. The quantitative estimate of drug-likeness (QED) is 0.876. The zero-order valence-corrected chi connectivity index (χ0v) is 14.1. The molecule has 0 saturated carbocycles. The molecule has 0 spiro atoms. The summed E-state index contributed by atoms with van der Waals surface area (Å²) in [5.41, 5.74) is 5.12. The van der Waals surface area contributed by atoms with E-state index in [1.807, 2.05) is 13.8 Å². The third kappa shape index (κ3) is 3.60. The molecule has 0 heterocycles. The number of carbonyl (C=O) groups is 1. The number of nitrogens with one attached hydrogen (secondary N) is 1. The molecular weight excluding hydrogens is 292 g/mol. The first-order valence-corrected chi connectivity index (χ1v) is 6.94. The van der Waals surface area contributed by atoms with Crippen molar-refractivity contribution in [3.05, 3.63) is 17.2 Å². The lowest BCUT2D eigenvalue weighted by Crippen LogP contribution is -2.53. The van der Waals surface area contributed by atoms with Gasteiger partial charge < -0.3 is 20.5 Å². The summed E-state index contributed by atoms with van der Waals surface area (Å²) in [6, 6.07) is 3.22. The van der Waals surface area contributed by atoms with Gasteiger partial charge in [-0.1, -0.05) is 11.6 Å². The summed E-state index contributed by atoms with van der Waals surface area (Å²) < 4.78 is 10.4. The van der Waals surface area contributed by atoms with Crippen LogP contribution in [0, 0.1) is 5.41 Å². The lowest BCUT2D eigenvalue weighted by Gasteiger charge is -2.37. The lowest BCUT2D eigenvalue weighted by atomic mass is 9.74. The van der Waals surface area contributed by atoms with Gasteiger partial charge in [0.1, 0.15) is 11.5 Å². The van der Waals surface area contributed by atoms with E-state index < -0.39 is 11.0 Å². The highest BCUT2D eigenvalue weighted by atomic mass is 35.5. The summed E-state index contributed by atoms with van der Waals surface area (Å²) in [5.74, 6) is 0.704. The van der Waals surface area contributed by atoms with Gasteiger partial charge in [0.25, 0.3) is 0 Å². The van der Waals surface area contributed by atoms with Crippen molar-refractivity contribution in [1.82, 2.24) is 0 Å². The summed E-state index contributed by atoms with van der Waals surface area (Å²) in [7, 11) is 3.01. The number of hydrogen-bond acceptors (Lipinski definition) is 4. The number of carbonyl (C=O) groups excluding carboxylic acids is 1. The van der Waals surface area contributed by atoms with Crippen LogP contribution in [0.5, 0.6) is 11.5 Å². The van der Waals surface area contributed by atoms with Crippen LogP contribution in [-0.2, 0) is 4.79 Å². The second kappa shape index (κ2) is 6.12. The van der Waals surface area contributed by atoms with E-state index in [4.69, 9.17) is 26.8 Å². The van der Waals surface area contributed by atoms with E-state index in [1.165, 1.54) is 14.2 Å². The van der Waals surface area contributed by atoms with E-state index in [9.17, 15) is 4.79 Å². The Labute approximate surface area is 130 Å². The summed E-state index contributed by atoms with van der Waals surface area (Å²) in [6.45, 7) is 7.21. The first-order chi connectivity index (χ1) is 9.54. The molecule has 1 rings (SSSR count). The third-order valence-corrected chi connectivity index (χ3v) is 4.20. The van der Waals surface area contributed by atoms with Gasteiger partial charge in [-0.25, -0.2) is 0 Å². The van der Waals surface area contributed by atoms with Gasteiger partial charge in [-0.15, -0.1) is 0 Å². The van der Waals surface area contributed by atoms with Gasteiger partial charge in [0.05, 0.1) is 30.3 Å². The summed E-state index contributed by atoms with van der Waals surface area (Å²) in [4.78, 5) is 12.5. The van der Waals surface area contributed by atoms with E-state index in [0.717, 1.165) is 0 Å². The van der Waals surface area contributed by atoms with Crippen molar-refractivity contribution in [2.24, 2.45) is 11.1 Å². The molecule has 1 amide bonds. The van der Waals surface area contributed by atoms with Crippen LogP contribution in [0.1, 0.15) is 27.7 Å². The summed E-state index contributed by atoms with van der Waals surface area (Å²) in [5, 5.41) is 3.24. The number of halogens is 1. The van der Waals surface area contributed by atoms with Crippen LogP contribution >= 0.6 is 11.6 Å². The normalized spacial score (nSPS) is 12.0. The third-order valence-electron chi connectivity index (χ3n) is 3.90. The highest BCUT2D eigenvalue weighted by Crippen LogP contribution is 2.37. The molecule has 0 radical (unpaired) electrons. The van der Waals surface area contributed by atoms with Crippen LogP contribution in [0.15, 0.2) is 12.1 Å². The fourth-order valence-electron chi connectivity index (χ4n) is 1.53. The predicted octanol–water partition coefficient (Wildman–Crippen LogP) is 3.06. The number of rotatable bonds is 5. The number of methoxy groups -OCH3 is 2. The van der Waals surface area contributed by atoms with Crippen molar-refractivity contribution < 1.29 is 14.3 Å². The Morgan fingerprint density at radius 3 is 2.10 bits per heavy atom. The van der Waals surface area contributed by atoms with Crippen molar-refractivity contribution >= 4 is 23.2 Å². The first-order valence-electron chi connectivity index (χ1n) is 6.56. The highest BCUT2D eigenvalue weighted by Gasteiger charge is 2.40. The molecular formula is C15H23ClN2O3. The molecule has 0 aromatic heterocycles. The molecule has 0 aliphatic rings. The number of amides is 1. The molecule has 118 valence electrons. The van der Waals surface area contributed by atoms with E-state index in [-0.39, 0.29) is 5.91 Å². The number of benzene rings is 1. The zero-order valence-electron chi connectivity index (χ0n) is 13.3. The molecule has 1 aromatic rings. The molecule has 3 N–H and O–H groups in total. The van der Waals surface area contributed by atoms with Crippen LogP contribution in [0.2, 0.25) is 5.02 Å². The van der Waals surface area contributed by atoms with Crippen molar-refractivity contribution in [3.63, 3.8) is 0 Å². The fourth-order valence-corrected chi connectivity index (χ4v) is 1.76. The smallest absolute Gasteiger partial charge is 0.231 e. The van der Waals surface area contributed by atoms with Crippen LogP contribution < -0.4 is 20.5 Å². The van der Waals surface area contributed by atoms with Crippen LogP contribution in [0.25, 0.3) is 0 Å². The fraction of sp³-hybridized carbons (Fsp3) is 0.533. The maximum absolute atomic E-state index is 12.5. The van der Waals surface area contributed by atoms with Crippen LogP contribution in [0.3, 0.4) is 0 Å². The van der Waals surface area contributed by atoms with Crippen molar-refractivity contribution in [2.75, 3.05) is 19.5 Å². The molecule has 6 heteroatoms. The van der Waals surface area contributed by atoms with Gasteiger partial charge in [-0.2, -0.15) is 0 Å². The second-order valence-corrected chi connectivity index (χ2v) is 6.40. The van der Waals surface area contributed by atoms with Gasteiger partial charge in [0.15, 0.2) is 0 Å². The molecule has 1 aromatic carbocycles. The van der Waals surface area contributed by atoms with Crippen molar-refractivity contribution in [1.29, 1.82) is 0 Å². The summed E-state index contributed by atoms with van der Waals surface area (Å²) >= 11 is 6.04. The molecule has 0 unspecified atom stereocenters. The van der Waals surface area contributed by atoms with Crippen LogP contribution in [0.4, 0.5) is 5.69 Å². The summed E-state index contributed by atoms with van der Waals surface area (Å²) in [6.07, 6.45) is 0. The Morgan fingerprint density at radius 1 is 1.14 bits per heavy atom. The predicted molar refractivity (Wildman–Crippen MR) is 85.2 cm³/mol. The van der Waals surface area contributed by atoms with Crippen molar-refractivity contribution in [2.45, 2.75) is 33.2 Å². The minimum atomic E-state index is -0.773. The molecule has 0 atom stereocenters. The Hall–Kier alpha value is -1.46. The van der Waals surface area contributed by atoms with E-state index in [2.05, 4.69) is 5.32 Å². The molecule has 21 heavy (non-hydrogen) atoms. The van der Waals surface area contributed by atoms with Crippen molar-refractivity contribution in [3.8, 4) is 11.5 Å². The maximum Gasteiger partial charge on any atom is 0.231 e. The zero-order chi connectivity index (χ0) is 16.4. The van der Waals surface area contributed by atoms with Crippen LogP contribution in [-0.4, -0.2) is 25.7 Å². The second-order valence-electron chi connectivity index (χ2n) is 5.99. The molecule has 5 nitrogen and oxygen atoms in total. The van der Waals surface area contributed by atoms with E-state index >= 15 is 0 Å². The van der Waals surface area contributed by atoms with Gasteiger partial charge in [0.2, 0.25) is 5.91 Å². The number of ether oxygens (including phenoxy) is 2. The number of hydrogen-bond donors (Lipinski definition) is 2. The SMILES string of the molecule is COc1cc(NC(=O)C(C)(C)C(C)(C)N)c(OC)cc1Cl. The Bertz CT molecular complexity index is 536. The molecule has 0 fully saturated rings. The van der Waals surface area contributed by atoms with E-state index in [1.54, 1.807) is 26.0 Å². The topological polar surface area (TPSA) is 73.6 Å². The van der Waals surface area contributed by atoms with Gasteiger partial charge in [-0.05, 0) is 27.7 Å². The maximum atomic E-state index is 12.5. The van der Waals surface area contributed by atoms with Gasteiger partial charge in [0, 0.05) is 17.7 Å². The van der Waals surface area contributed by atoms with Gasteiger partial charge >= 0.3 is 0 Å². The standard InChI is InChI=1S/C15H23ClN2O3/c1-14(2,15(3,4)17)13(19)18-10-8-11(20-5)9(16)7-12(10)21-6/h7-8H,17H2,1-6H3,(H,18,19). The number of nitrogens with two attached hydrogens (primary N) is 1. The molecule has 0 bridgehead atoms. The monoisotopic (exact) mass is 314 g/mol.